The van der Waals surface area contributed by atoms with E-state index in [1.807, 2.05) is 4.57 Å². The van der Waals surface area contributed by atoms with Gasteiger partial charge >= 0.3 is 0 Å². The highest BCUT2D eigenvalue weighted by Gasteiger charge is 2.19. The molecular formula is C11H14N4O2S. The summed E-state index contributed by atoms with van der Waals surface area (Å²) in [5.41, 5.74) is 1.50. The fourth-order valence-electron chi connectivity index (χ4n) is 2.26. The Bertz CT molecular complexity index is 615. The van der Waals surface area contributed by atoms with Crippen molar-refractivity contribution in [2.75, 3.05) is 13.7 Å². The molecule has 96 valence electrons. The van der Waals surface area contributed by atoms with E-state index in [0.29, 0.717) is 10.7 Å². The molecule has 0 radical (unpaired) electrons. The monoisotopic (exact) mass is 266 g/mol. The van der Waals surface area contributed by atoms with Crippen LogP contribution in [0, 0.1) is 4.77 Å². The average molecular weight is 266 g/mol. The van der Waals surface area contributed by atoms with Gasteiger partial charge in [0, 0.05) is 6.61 Å². The summed E-state index contributed by atoms with van der Waals surface area (Å²) in [6.07, 6.45) is 3.88. The lowest BCUT2D eigenvalue weighted by Gasteiger charge is -2.10. The normalized spacial score (nSPS) is 19.5. The van der Waals surface area contributed by atoms with E-state index in [2.05, 4.69) is 15.0 Å². The minimum absolute atomic E-state index is 0.219. The molecule has 7 heteroatoms. The highest BCUT2D eigenvalue weighted by atomic mass is 32.1. The minimum Gasteiger partial charge on any atom is -0.479 e. The van der Waals surface area contributed by atoms with Crippen molar-refractivity contribution < 1.29 is 9.47 Å². The Morgan fingerprint density at radius 2 is 2.50 bits per heavy atom. The summed E-state index contributed by atoms with van der Waals surface area (Å²) in [7, 11) is 1.58. The van der Waals surface area contributed by atoms with Crippen LogP contribution in [0.1, 0.15) is 12.8 Å². The van der Waals surface area contributed by atoms with Crippen LogP contribution in [0.2, 0.25) is 0 Å². The zero-order valence-electron chi connectivity index (χ0n) is 10.0. The number of nitrogens with one attached hydrogen (secondary N) is 1. The lowest BCUT2D eigenvalue weighted by atomic mass is 10.2. The van der Waals surface area contributed by atoms with Gasteiger partial charge in [-0.25, -0.2) is 4.98 Å². The number of fused-ring (bicyclic) bond motifs is 1. The quantitative estimate of drug-likeness (QED) is 0.856. The number of nitrogens with zero attached hydrogens (tertiary/aromatic N) is 3. The Hall–Kier alpha value is -1.47. The summed E-state index contributed by atoms with van der Waals surface area (Å²) < 4.78 is 13.4. The van der Waals surface area contributed by atoms with Crippen molar-refractivity contribution in [3.05, 3.63) is 11.1 Å². The third-order valence-corrected chi connectivity index (χ3v) is 3.45. The Morgan fingerprint density at radius 1 is 1.61 bits per heavy atom. The van der Waals surface area contributed by atoms with Crippen LogP contribution in [0.25, 0.3) is 11.2 Å². The van der Waals surface area contributed by atoms with Crippen LogP contribution in [0.4, 0.5) is 0 Å². The zero-order valence-corrected chi connectivity index (χ0v) is 10.9. The van der Waals surface area contributed by atoms with E-state index in [-0.39, 0.29) is 6.10 Å². The van der Waals surface area contributed by atoms with Crippen LogP contribution in [0.3, 0.4) is 0 Å². The fraction of sp³-hybridized carbons (Fsp3) is 0.545. The second kappa shape index (κ2) is 4.66. The SMILES string of the molecule is COc1ncnc2c1[nH]c(=S)n2CC1CCCO1. The third-order valence-electron chi connectivity index (χ3n) is 3.13. The molecule has 0 aliphatic carbocycles. The minimum atomic E-state index is 0.219. The van der Waals surface area contributed by atoms with Gasteiger partial charge in [0.2, 0.25) is 5.88 Å². The van der Waals surface area contributed by atoms with Crippen LogP contribution in [-0.4, -0.2) is 39.3 Å². The molecule has 0 aromatic carbocycles. The van der Waals surface area contributed by atoms with E-state index in [9.17, 15) is 0 Å². The molecule has 1 N–H and O–H groups in total. The van der Waals surface area contributed by atoms with Crippen molar-refractivity contribution in [2.24, 2.45) is 0 Å². The second-order valence-electron chi connectivity index (χ2n) is 4.26. The van der Waals surface area contributed by atoms with Crippen LogP contribution in [-0.2, 0) is 11.3 Å². The van der Waals surface area contributed by atoms with E-state index in [4.69, 9.17) is 21.7 Å². The van der Waals surface area contributed by atoms with Gasteiger partial charge in [0.15, 0.2) is 10.4 Å². The van der Waals surface area contributed by atoms with E-state index in [0.717, 1.165) is 37.2 Å². The summed E-state index contributed by atoms with van der Waals surface area (Å²) in [6.45, 7) is 1.55. The summed E-state index contributed by atoms with van der Waals surface area (Å²) in [5, 5.41) is 0. The van der Waals surface area contributed by atoms with Crippen molar-refractivity contribution in [3.8, 4) is 5.88 Å². The number of methoxy groups -OCH3 is 1. The number of imidazole rings is 1. The molecule has 1 unspecified atom stereocenters. The molecule has 0 saturated carbocycles. The van der Waals surface area contributed by atoms with Crippen LogP contribution < -0.4 is 4.74 Å². The largest absolute Gasteiger partial charge is 0.479 e. The van der Waals surface area contributed by atoms with Gasteiger partial charge in [0.05, 0.1) is 19.8 Å². The van der Waals surface area contributed by atoms with Gasteiger partial charge in [-0.3, -0.25) is 4.57 Å². The van der Waals surface area contributed by atoms with Crippen LogP contribution in [0.15, 0.2) is 6.33 Å². The Labute approximate surface area is 109 Å². The first-order chi connectivity index (χ1) is 8.79. The van der Waals surface area contributed by atoms with E-state index >= 15 is 0 Å². The number of H-pyrrole nitrogens is 1. The first kappa shape index (κ1) is 11.6. The molecule has 1 fully saturated rings. The van der Waals surface area contributed by atoms with Gasteiger partial charge in [-0.05, 0) is 25.1 Å². The molecule has 3 heterocycles. The van der Waals surface area contributed by atoms with E-state index in [1.165, 1.54) is 6.33 Å². The molecule has 2 aromatic rings. The maximum absolute atomic E-state index is 5.63. The summed E-state index contributed by atoms with van der Waals surface area (Å²) in [6, 6.07) is 0. The van der Waals surface area contributed by atoms with Crippen molar-refractivity contribution in [3.63, 3.8) is 0 Å². The number of hydrogen-bond donors (Lipinski definition) is 1. The topological polar surface area (TPSA) is 65.0 Å². The molecule has 1 aliphatic heterocycles. The zero-order chi connectivity index (χ0) is 12.5. The Morgan fingerprint density at radius 3 is 3.22 bits per heavy atom. The molecule has 1 atom stereocenters. The molecule has 0 bridgehead atoms. The average Bonchev–Trinajstić information content (AvgIpc) is 2.99. The number of aromatic amines is 1. The molecular weight excluding hydrogens is 252 g/mol. The smallest absolute Gasteiger partial charge is 0.242 e. The summed E-state index contributed by atoms with van der Waals surface area (Å²) in [5.74, 6) is 0.511. The van der Waals surface area contributed by atoms with Gasteiger partial charge in [-0.2, -0.15) is 4.98 Å². The lowest BCUT2D eigenvalue weighted by Crippen LogP contribution is -2.15. The molecule has 0 spiro atoms. The second-order valence-corrected chi connectivity index (χ2v) is 4.64. The van der Waals surface area contributed by atoms with Crippen molar-refractivity contribution in [1.82, 2.24) is 19.5 Å². The molecule has 0 amide bonds. The third kappa shape index (κ3) is 1.89. The van der Waals surface area contributed by atoms with Gasteiger partial charge in [-0.15, -0.1) is 0 Å². The maximum Gasteiger partial charge on any atom is 0.242 e. The molecule has 1 aliphatic rings. The highest BCUT2D eigenvalue weighted by Crippen LogP contribution is 2.22. The lowest BCUT2D eigenvalue weighted by molar-refractivity contribution is 0.0975. The van der Waals surface area contributed by atoms with Crippen molar-refractivity contribution in [1.29, 1.82) is 0 Å². The summed E-state index contributed by atoms with van der Waals surface area (Å²) >= 11 is 5.32. The molecule has 3 rings (SSSR count). The van der Waals surface area contributed by atoms with E-state index in [1.54, 1.807) is 7.11 Å². The van der Waals surface area contributed by atoms with E-state index < -0.39 is 0 Å². The van der Waals surface area contributed by atoms with Crippen molar-refractivity contribution >= 4 is 23.4 Å². The predicted molar refractivity (Wildman–Crippen MR) is 68.2 cm³/mol. The predicted octanol–water partition coefficient (Wildman–Crippen LogP) is 1.68. The Balaban J connectivity index is 2.05. The number of rotatable bonds is 3. The first-order valence-electron chi connectivity index (χ1n) is 5.88. The fourth-order valence-corrected chi connectivity index (χ4v) is 2.52. The molecule has 18 heavy (non-hydrogen) atoms. The maximum atomic E-state index is 5.63. The van der Waals surface area contributed by atoms with Gasteiger partial charge in [0.25, 0.3) is 0 Å². The number of ether oxygens (including phenoxy) is 2. The number of aromatic nitrogens is 4. The standard InChI is InChI=1S/C11H14N4O2S/c1-16-10-8-9(12-6-13-10)15(11(18)14-8)5-7-3-2-4-17-7/h6-7H,2-5H2,1H3,(H,14,18). The van der Waals surface area contributed by atoms with Gasteiger partial charge < -0.3 is 14.5 Å². The molecule has 6 nitrogen and oxygen atoms in total. The van der Waals surface area contributed by atoms with Gasteiger partial charge in [0.1, 0.15) is 11.8 Å². The molecule has 1 saturated heterocycles. The van der Waals surface area contributed by atoms with Crippen LogP contribution >= 0.6 is 12.2 Å². The first-order valence-corrected chi connectivity index (χ1v) is 6.29. The highest BCUT2D eigenvalue weighted by molar-refractivity contribution is 7.71. The Kier molecular flexibility index (Phi) is 3.00. The summed E-state index contributed by atoms with van der Waals surface area (Å²) in [4.78, 5) is 11.4. The number of hydrogen-bond acceptors (Lipinski definition) is 5. The van der Waals surface area contributed by atoms with Gasteiger partial charge in [-0.1, -0.05) is 0 Å². The van der Waals surface area contributed by atoms with Crippen LogP contribution in [0.5, 0.6) is 5.88 Å². The van der Waals surface area contributed by atoms with Crippen molar-refractivity contribution in [2.45, 2.75) is 25.5 Å². The molecule has 2 aromatic heterocycles.